The standard InChI is InChI=1S/C26H36N4O2S2/c1-5-8-10-14-27-22-20(24(31)29-15-11-12-18(4)23(29)28-22)16-21-25(32)30(26(33)34-21)17-19(7-3)13-9-6-2/h11-12,15-16,19,27H,5-10,13-14,17H2,1-4H3/b21-16+. The Labute approximate surface area is 212 Å². The van der Waals surface area contributed by atoms with E-state index in [2.05, 4.69) is 26.1 Å². The number of thiocarbonyl (C=S) groups is 1. The fraction of sp³-hybridized carbons (Fsp3) is 0.538. The van der Waals surface area contributed by atoms with Crippen LogP contribution in [0.4, 0.5) is 5.82 Å². The second-order valence-corrected chi connectivity index (χ2v) is 10.6. The first-order valence-corrected chi connectivity index (χ1v) is 13.6. The third-order valence-electron chi connectivity index (χ3n) is 6.29. The van der Waals surface area contributed by atoms with Crippen LogP contribution >= 0.6 is 24.0 Å². The van der Waals surface area contributed by atoms with Crippen LogP contribution in [0, 0.1) is 12.8 Å². The Hall–Kier alpha value is -2.19. The molecule has 8 heteroatoms. The zero-order valence-corrected chi connectivity index (χ0v) is 22.4. The lowest BCUT2D eigenvalue weighted by Crippen LogP contribution is -2.33. The van der Waals surface area contributed by atoms with Crippen molar-refractivity contribution in [2.24, 2.45) is 5.92 Å². The summed E-state index contributed by atoms with van der Waals surface area (Å²) >= 11 is 6.84. The molecule has 0 bridgehead atoms. The smallest absolute Gasteiger partial charge is 0.267 e. The fourth-order valence-corrected chi connectivity index (χ4v) is 5.38. The summed E-state index contributed by atoms with van der Waals surface area (Å²) in [4.78, 5) is 33.7. The van der Waals surface area contributed by atoms with Gasteiger partial charge < -0.3 is 5.32 Å². The Balaban J connectivity index is 1.96. The van der Waals surface area contributed by atoms with Crippen LogP contribution in [0.2, 0.25) is 0 Å². The van der Waals surface area contributed by atoms with Crippen LogP contribution in [0.25, 0.3) is 11.7 Å². The second kappa shape index (κ2) is 12.5. The average Bonchev–Trinajstić information content (AvgIpc) is 3.09. The predicted octanol–water partition coefficient (Wildman–Crippen LogP) is 6.02. The monoisotopic (exact) mass is 500 g/mol. The van der Waals surface area contributed by atoms with Crippen molar-refractivity contribution in [3.05, 3.63) is 44.7 Å². The first-order chi connectivity index (χ1) is 16.4. The van der Waals surface area contributed by atoms with E-state index in [1.807, 2.05) is 19.1 Å². The molecule has 3 rings (SSSR count). The number of carbonyl (C=O) groups excluding carboxylic acids is 1. The van der Waals surface area contributed by atoms with Gasteiger partial charge >= 0.3 is 0 Å². The number of carbonyl (C=O) groups is 1. The molecule has 0 aromatic carbocycles. The van der Waals surface area contributed by atoms with Crippen molar-refractivity contribution < 1.29 is 4.79 Å². The number of pyridine rings is 1. The van der Waals surface area contributed by atoms with E-state index in [4.69, 9.17) is 17.2 Å². The van der Waals surface area contributed by atoms with Crippen LogP contribution in [0.3, 0.4) is 0 Å². The molecule has 0 spiro atoms. The highest BCUT2D eigenvalue weighted by Gasteiger charge is 2.33. The van der Waals surface area contributed by atoms with Crippen molar-refractivity contribution >= 4 is 51.7 Å². The summed E-state index contributed by atoms with van der Waals surface area (Å²) in [6.45, 7) is 9.79. The molecular formula is C26H36N4O2S2. The quantitative estimate of drug-likeness (QED) is 0.218. The molecule has 1 saturated heterocycles. The summed E-state index contributed by atoms with van der Waals surface area (Å²) in [6, 6.07) is 3.78. The number of hydrogen-bond acceptors (Lipinski definition) is 6. The van der Waals surface area contributed by atoms with E-state index in [9.17, 15) is 9.59 Å². The Morgan fingerprint density at radius 2 is 1.94 bits per heavy atom. The first kappa shape index (κ1) is 26.4. The van der Waals surface area contributed by atoms with Crippen molar-refractivity contribution in [1.82, 2.24) is 14.3 Å². The molecule has 6 nitrogen and oxygen atoms in total. The summed E-state index contributed by atoms with van der Waals surface area (Å²) in [5.41, 5.74) is 1.76. The van der Waals surface area contributed by atoms with Gasteiger partial charge in [0.25, 0.3) is 11.5 Å². The largest absolute Gasteiger partial charge is 0.369 e. The maximum absolute atomic E-state index is 13.5. The number of anilines is 1. The number of rotatable bonds is 12. The molecular weight excluding hydrogens is 464 g/mol. The lowest BCUT2D eigenvalue weighted by atomic mass is 9.99. The molecule has 1 aliphatic rings. The summed E-state index contributed by atoms with van der Waals surface area (Å²) < 4.78 is 2.12. The Kier molecular flexibility index (Phi) is 9.71. The minimum atomic E-state index is -0.189. The van der Waals surface area contributed by atoms with Gasteiger partial charge in [-0.25, -0.2) is 4.98 Å². The van der Waals surface area contributed by atoms with Gasteiger partial charge in [-0.3, -0.25) is 18.9 Å². The average molecular weight is 501 g/mol. The molecule has 1 amide bonds. The fourth-order valence-electron chi connectivity index (χ4n) is 4.12. The molecule has 0 radical (unpaired) electrons. The maximum Gasteiger partial charge on any atom is 0.267 e. The zero-order chi connectivity index (χ0) is 24.7. The van der Waals surface area contributed by atoms with Crippen molar-refractivity contribution in [3.63, 3.8) is 0 Å². The molecule has 1 atom stereocenters. The van der Waals surface area contributed by atoms with Gasteiger partial charge in [-0.05, 0) is 43.4 Å². The molecule has 1 fully saturated rings. The van der Waals surface area contributed by atoms with E-state index in [0.29, 0.717) is 38.7 Å². The summed E-state index contributed by atoms with van der Waals surface area (Å²) in [5.74, 6) is 0.833. The minimum absolute atomic E-state index is 0.115. The van der Waals surface area contributed by atoms with Gasteiger partial charge in [0.15, 0.2) is 0 Å². The lowest BCUT2D eigenvalue weighted by Gasteiger charge is -2.21. The van der Waals surface area contributed by atoms with Crippen LogP contribution in [-0.2, 0) is 4.79 Å². The number of hydrogen-bond donors (Lipinski definition) is 1. The lowest BCUT2D eigenvalue weighted by molar-refractivity contribution is -0.122. The Morgan fingerprint density at radius 3 is 2.65 bits per heavy atom. The molecule has 1 aliphatic heterocycles. The normalized spacial score (nSPS) is 16.1. The van der Waals surface area contributed by atoms with Gasteiger partial charge in [-0.1, -0.05) is 82.9 Å². The van der Waals surface area contributed by atoms with Gasteiger partial charge in [-0.15, -0.1) is 0 Å². The molecule has 34 heavy (non-hydrogen) atoms. The molecule has 2 aromatic rings. The predicted molar refractivity (Wildman–Crippen MR) is 147 cm³/mol. The number of nitrogens with one attached hydrogen (secondary N) is 1. The van der Waals surface area contributed by atoms with Crippen LogP contribution in [-0.4, -0.2) is 37.6 Å². The first-order valence-electron chi connectivity index (χ1n) is 12.4. The molecule has 3 heterocycles. The van der Waals surface area contributed by atoms with E-state index >= 15 is 0 Å². The van der Waals surface area contributed by atoms with Crippen molar-refractivity contribution in [2.75, 3.05) is 18.4 Å². The Morgan fingerprint density at radius 1 is 1.18 bits per heavy atom. The summed E-state index contributed by atoms with van der Waals surface area (Å²) in [6.07, 6.45) is 11.0. The number of aryl methyl sites for hydroxylation is 1. The van der Waals surface area contributed by atoms with Gasteiger partial charge in [0.05, 0.1) is 10.5 Å². The SMILES string of the molecule is CCCCCNc1nc2c(C)cccn2c(=O)c1/C=C1/SC(=S)N(CC(CC)CCCC)C1=O. The van der Waals surface area contributed by atoms with E-state index < -0.39 is 0 Å². The number of thioether (sulfide) groups is 1. The van der Waals surface area contributed by atoms with E-state index in [1.165, 1.54) is 11.8 Å². The number of nitrogens with zero attached hydrogens (tertiary/aromatic N) is 3. The Bertz CT molecular complexity index is 1130. The zero-order valence-electron chi connectivity index (χ0n) is 20.7. The van der Waals surface area contributed by atoms with Gasteiger partial charge in [-0.2, -0.15) is 0 Å². The van der Waals surface area contributed by atoms with E-state index in [0.717, 1.165) is 57.1 Å². The van der Waals surface area contributed by atoms with Crippen LogP contribution in [0.15, 0.2) is 28.0 Å². The van der Waals surface area contributed by atoms with Gasteiger partial charge in [0.2, 0.25) is 0 Å². The third-order valence-corrected chi connectivity index (χ3v) is 7.67. The molecule has 0 saturated carbocycles. The topological polar surface area (TPSA) is 66.7 Å². The minimum Gasteiger partial charge on any atom is -0.369 e. The maximum atomic E-state index is 13.5. The highest BCUT2D eigenvalue weighted by molar-refractivity contribution is 8.26. The number of aromatic nitrogens is 2. The molecule has 1 unspecified atom stereocenters. The number of unbranched alkanes of at least 4 members (excludes halogenated alkanes) is 3. The van der Waals surface area contributed by atoms with Gasteiger partial charge in [0, 0.05) is 19.3 Å². The van der Waals surface area contributed by atoms with Crippen LogP contribution in [0.5, 0.6) is 0 Å². The molecule has 2 aromatic heterocycles. The van der Waals surface area contributed by atoms with Crippen LogP contribution in [0.1, 0.15) is 76.8 Å². The van der Waals surface area contributed by atoms with E-state index in [-0.39, 0.29) is 11.5 Å². The third kappa shape index (κ3) is 6.08. The molecule has 184 valence electrons. The van der Waals surface area contributed by atoms with E-state index in [1.54, 1.807) is 21.6 Å². The molecule has 0 aliphatic carbocycles. The highest BCUT2D eigenvalue weighted by atomic mass is 32.2. The molecule has 1 N–H and O–H groups in total. The number of fused-ring (bicyclic) bond motifs is 1. The van der Waals surface area contributed by atoms with Gasteiger partial charge in [0.1, 0.15) is 15.8 Å². The van der Waals surface area contributed by atoms with Crippen molar-refractivity contribution in [1.29, 1.82) is 0 Å². The highest BCUT2D eigenvalue weighted by Crippen LogP contribution is 2.34. The van der Waals surface area contributed by atoms with Crippen molar-refractivity contribution in [2.45, 2.75) is 72.6 Å². The van der Waals surface area contributed by atoms with Crippen molar-refractivity contribution in [3.8, 4) is 0 Å². The number of amides is 1. The summed E-state index contributed by atoms with van der Waals surface area (Å²) in [5, 5.41) is 3.35. The van der Waals surface area contributed by atoms with Crippen LogP contribution < -0.4 is 10.9 Å². The second-order valence-electron chi connectivity index (χ2n) is 8.91. The summed E-state index contributed by atoms with van der Waals surface area (Å²) in [7, 11) is 0.